The van der Waals surface area contributed by atoms with Crippen molar-refractivity contribution in [3.05, 3.63) is 28.7 Å². The van der Waals surface area contributed by atoms with Crippen LogP contribution in [0.5, 0.6) is 0 Å². The minimum absolute atomic E-state index is 0.272. The fourth-order valence-electron chi connectivity index (χ4n) is 2.32. The first kappa shape index (κ1) is 17.8. The third-order valence-electron chi connectivity index (χ3n) is 4.53. The monoisotopic (exact) mass is 321 g/mol. The molecule has 23 heavy (non-hydrogen) atoms. The van der Waals surface area contributed by atoms with Crippen molar-refractivity contribution in [2.75, 3.05) is 6.61 Å². The first-order chi connectivity index (χ1) is 10.6. The molecule has 0 aromatic carbocycles. The normalized spacial score (nSPS) is 20.3. The Labute approximate surface area is 136 Å². The number of nitrogens with zero attached hydrogens (tertiary/aromatic N) is 1. The van der Waals surface area contributed by atoms with Gasteiger partial charge in [-0.15, -0.1) is 0 Å². The van der Waals surface area contributed by atoms with Crippen LogP contribution in [-0.2, 0) is 18.8 Å². The molecule has 7 heteroatoms. The number of aromatic nitrogens is 1. The van der Waals surface area contributed by atoms with Crippen LogP contribution in [0, 0.1) is 0 Å². The van der Waals surface area contributed by atoms with Crippen LogP contribution in [0.25, 0.3) is 0 Å². The molecular formula is C16H24BNO5. The molecule has 1 aliphatic heterocycles. The molecule has 1 atom stereocenters. The number of ether oxygens (including phenoxy) is 1. The highest BCUT2D eigenvalue weighted by molar-refractivity contribution is 6.62. The summed E-state index contributed by atoms with van der Waals surface area (Å²) >= 11 is 0. The van der Waals surface area contributed by atoms with E-state index in [0.717, 1.165) is 0 Å². The van der Waals surface area contributed by atoms with E-state index in [-0.39, 0.29) is 12.2 Å². The molecule has 126 valence electrons. The van der Waals surface area contributed by atoms with Crippen LogP contribution in [0.4, 0.5) is 0 Å². The molecule has 1 aromatic heterocycles. The lowest BCUT2D eigenvalue weighted by molar-refractivity contribution is -0.146. The molecule has 2 rings (SSSR count). The Bertz CT molecular complexity index is 636. The predicted molar refractivity (Wildman–Crippen MR) is 87.8 cm³/mol. The molecule has 0 aliphatic carbocycles. The van der Waals surface area contributed by atoms with Crippen LogP contribution in [0.1, 0.15) is 47.6 Å². The number of hydrogen-bond donors (Lipinski definition) is 0. The molecule has 1 aliphatic rings. The Hall–Kier alpha value is -1.60. The quantitative estimate of drug-likeness (QED) is 0.617. The summed E-state index contributed by atoms with van der Waals surface area (Å²) < 4.78 is 18.3. The lowest BCUT2D eigenvalue weighted by Crippen LogP contribution is -2.41. The summed E-state index contributed by atoms with van der Waals surface area (Å²) in [5.41, 5.74) is -0.512. The molecule has 0 amide bonds. The largest absolute Gasteiger partial charge is 0.496 e. The van der Waals surface area contributed by atoms with Crippen molar-refractivity contribution in [2.45, 2.75) is 58.8 Å². The van der Waals surface area contributed by atoms with Crippen molar-refractivity contribution < 1.29 is 18.8 Å². The van der Waals surface area contributed by atoms with Crippen LogP contribution >= 0.6 is 0 Å². The van der Waals surface area contributed by atoms with Crippen LogP contribution in [0.2, 0.25) is 0 Å². The van der Waals surface area contributed by atoms with Crippen molar-refractivity contribution in [3.63, 3.8) is 0 Å². The van der Waals surface area contributed by atoms with E-state index in [0.29, 0.717) is 5.46 Å². The first-order valence-electron chi connectivity index (χ1n) is 7.83. The van der Waals surface area contributed by atoms with Crippen LogP contribution < -0.4 is 11.0 Å². The molecule has 1 unspecified atom stereocenters. The van der Waals surface area contributed by atoms with E-state index in [2.05, 4.69) is 0 Å². The van der Waals surface area contributed by atoms with Gasteiger partial charge in [0, 0.05) is 12.3 Å². The van der Waals surface area contributed by atoms with Crippen molar-refractivity contribution >= 4 is 18.6 Å². The number of carbonyl (C=O) groups is 1. The van der Waals surface area contributed by atoms with Crippen LogP contribution in [0.3, 0.4) is 0 Å². The molecule has 1 aromatic rings. The summed E-state index contributed by atoms with van der Waals surface area (Å²) in [7, 11) is -0.582. The maximum atomic E-state index is 12.1. The summed E-state index contributed by atoms with van der Waals surface area (Å²) in [5.74, 6) is -0.444. The van der Waals surface area contributed by atoms with E-state index >= 15 is 0 Å². The molecule has 0 bridgehead atoms. The zero-order valence-electron chi connectivity index (χ0n) is 14.6. The maximum Gasteiger partial charge on any atom is 0.496 e. The van der Waals surface area contributed by atoms with Crippen LogP contribution in [-0.4, -0.2) is 35.5 Å². The molecule has 2 heterocycles. The number of hydrogen-bond acceptors (Lipinski definition) is 5. The Balaban J connectivity index is 2.32. The van der Waals surface area contributed by atoms with Gasteiger partial charge in [0.25, 0.3) is 5.56 Å². The van der Waals surface area contributed by atoms with Gasteiger partial charge in [-0.1, -0.05) is 6.07 Å². The van der Waals surface area contributed by atoms with E-state index in [1.165, 1.54) is 10.6 Å². The van der Waals surface area contributed by atoms with E-state index in [1.54, 1.807) is 26.1 Å². The third-order valence-corrected chi connectivity index (χ3v) is 4.53. The molecule has 0 radical (unpaired) electrons. The lowest BCUT2D eigenvalue weighted by atomic mass is 9.80. The second kappa shape index (κ2) is 6.13. The van der Waals surface area contributed by atoms with E-state index in [4.69, 9.17) is 14.0 Å². The fourth-order valence-corrected chi connectivity index (χ4v) is 2.32. The minimum atomic E-state index is -0.704. The number of esters is 1. The lowest BCUT2D eigenvalue weighted by Gasteiger charge is -2.32. The van der Waals surface area contributed by atoms with Gasteiger partial charge in [-0.3, -0.25) is 4.79 Å². The van der Waals surface area contributed by atoms with Gasteiger partial charge in [-0.05, 0) is 47.0 Å². The smallest absolute Gasteiger partial charge is 0.464 e. The Morgan fingerprint density at radius 2 is 1.83 bits per heavy atom. The molecule has 1 saturated heterocycles. The highest BCUT2D eigenvalue weighted by Crippen LogP contribution is 2.36. The van der Waals surface area contributed by atoms with Gasteiger partial charge < -0.3 is 18.6 Å². The summed E-state index contributed by atoms with van der Waals surface area (Å²) in [6.45, 7) is 11.5. The molecule has 1 fully saturated rings. The number of carbonyl (C=O) groups excluding carboxylic acids is 1. The third kappa shape index (κ3) is 3.35. The average molecular weight is 321 g/mol. The van der Waals surface area contributed by atoms with Crippen LogP contribution in [0.15, 0.2) is 23.1 Å². The number of rotatable bonds is 4. The SMILES string of the molecule is CCOC(=O)C(C)n1cc(B2OC(C)(C)C(C)(C)O2)ccc1=O. The summed E-state index contributed by atoms with van der Waals surface area (Å²) in [5, 5.41) is 0. The van der Waals surface area contributed by atoms with Crippen molar-refractivity contribution in [1.29, 1.82) is 0 Å². The van der Waals surface area contributed by atoms with Crippen molar-refractivity contribution in [2.24, 2.45) is 0 Å². The fraction of sp³-hybridized carbons (Fsp3) is 0.625. The topological polar surface area (TPSA) is 66.8 Å². The van der Waals surface area contributed by atoms with Gasteiger partial charge in [-0.25, -0.2) is 4.79 Å². The van der Waals surface area contributed by atoms with Crippen molar-refractivity contribution in [1.82, 2.24) is 4.57 Å². The summed E-state index contributed by atoms with van der Waals surface area (Å²) in [4.78, 5) is 24.0. The summed E-state index contributed by atoms with van der Waals surface area (Å²) in [6, 6.07) is 2.37. The zero-order chi connectivity index (χ0) is 17.4. The Morgan fingerprint density at radius 1 is 1.26 bits per heavy atom. The minimum Gasteiger partial charge on any atom is -0.464 e. The van der Waals surface area contributed by atoms with Gasteiger partial charge >= 0.3 is 13.1 Å². The highest BCUT2D eigenvalue weighted by atomic mass is 16.7. The second-order valence-electron chi connectivity index (χ2n) is 6.72. The van der Waals surface area contributed by atoms with Gasteiger partial charge in [0.15, 0.2) is 0 Å². The predicted octanol–water partition coefficient (Wildman–Crippen LogP) is 1.27. The maximum absolute atomic E-state index is 12.1. The zero-order valence-corrected chi connectivity index (χ0v) is 14.6. The van der Waals surface area contributed by atoms with Gasteiger partial charge in [0.2, 0.25) is 0 Å². The van der Waals surface area contributed by atoms with E-state index in [1.807, 2.05) is 27.7 Å². The summed E-state index contributed by atoms with van der Waals surface area (Å²) in [6.07, 6.45) is 1.60. The van der Waals surface area contributed by atoms with Gasteiger partial charge in [0.1, 0.15) is 6.04 Å². The second-order valence-corrected chi connectivity index (χ2v) is 6.72. The van der Waals surface area contributed by atoms with Crippen molar-refractivity contribution in [3.8, 4) is 0 Å². The molecule has 6 nitrogen and oxygen atoms in total. The first-order valence-corrected chi connectivity index (χ1v) is 7.83. The number of pyridine rings is 1. The molecule has 0 saturated carbocycles. The Kier molecular flexibility index (Phi) is 4.73. The molecule has 0 N–H and O–H groups in total. The highest BCUT2D eigenvalue weighted by Gasteiger charge is 2.51. The van der Waals surface area contributed by atoms with Gasteiger partial charge in [0.05, 0.1) is 17.8 Å². The molecule has 0 spiro atoms. The molecular weight excluding hydrogens is 297 g/mol. The standard InChI is InChI=1S/C16H24BNO5/c1-7-21-14(20)11(2)18-10-12(8-9-13(18)19)17-22-15(3,4)16(5,6)23-17/h8-11H,7H2,1-6H3. The van der Waals surface area contributed by atoms with E-state index < -0.39 is 30.3 Å². The van der Waals surface area contributed by atoms with E-state index in [9.17, 15) is 9.59 Å². The Morgan fingerprint density at radius 3 is 2.35 bits per heavy atom. The van der Waals surface area contributed by atoms with Gasteiger partial charge in [-0.2, -0.15) is 0 Å². The average Bonchev–Trinajstić information content (AvgIpc) is 2.67.